The van der Waals surface area contributed by atoms with Crippen LogP contribution in [0.25, 0.3) is 0 Å². The van der Waals surface area contributed by atoms with Crippen molar-refractivity contribution < 1.29 is 4.79 Å². The van der Waals surface area contributed by atoms with Gasteiger partial charge in [0.2, 0.25) is 5.91 Å². The minimum Gasteiger partial charge on any atom is -0.356 e. The van der Waals surface area contributed by atoms with Crippen molar-refractivity contribution in [1.29, 1.82) is 0 Å². The van der Waals surface area contributed by atoms with Gasteiger partial charge in [-0.05, 0) is 25.9 Å². The third kappa shape index (κ3) is 7.67. The highest BCUT2D eigenvalue weighted by molar-refractivity contribution is 5.75. The Balaban J connectivity index is 1.98. The van der Waals surface area contributed by atoms with E-state index in [0.717, 1.165) is 45.7 Å². The van der Waals surface area contributed by atoms with E-state index in [9.17, 15) is 4.79 Å². The fourth-order valence-electron chi connectivity index (χ4n) is 2.25. The molecule has 1 heterocycles. The Kier molecular flexibility index (Phi) is 8.86. The van der Waals surface area contributed by atoms with Crippen molar-refractivity contribution in [2.75, 3.05) is 39.3 Å². The van der Waals surface area contributed by atoms with E-state index < -0.39 is 0 Å². The highest BCUT2D eigenvalue weighted by Gasteiger charge is 2.09. The van der Waals surface area contributed by atoms with Gasteiger partial charge in [-0.2, -0.15) is 0 Å². The van der Waals surface area contributed by atoms with Crippen LogP contribution in [0, 0.1) is 0 Å². The molecule has 0 radical (unpaired) electrons. The lowest BCUT2D eigenvalue weighted by Crippen LogP contribution is -2.33. The van der Waals surface area contributed by atoms with Crippen LogP contribution in [-0.4, -0.2) is 50.1 Å². The van der Waals surface area contributed by atoms with Gasteiger partial charge in [0.25, 0.3) is 0 Å². The predicted molar refractivity (Wildman–Crippen MR) is 75.7 cm³/mol. The maximum Gasteiger partial charge on any atom is 0.221 e. The Morgan fingerprint density at radius 1 is 1.22 bits per heavy atom. The maximum absolute atomic E-state index is 11.7. The molecule has 0 saturated carbocycles. The molecule has 1 fully saturated rings. The number of carbonyl (C=O) groups is 1. The van der Waals surface area contributed by atoms with Crippen LogP contribution in [0.2, 0.25) is 0 Å². The number of unbranched alkanes of at least 4 members (excludes halogenated alkanes) is 3. The number of hydrogen-bond acceptors (Lipinski definition) is 3. The monoisotopic (exact) mass is 255 g/mol. The zero-order chi connectivity index (χ0) is 13.1. The molecule has 1 aliphatic rings. The van der Waals surface area contributed by atoms with Crippen LogP contribution in [0.4, 0.5) is 0 Å². The van der Waals surface area contributed by atoms with Crippen molar-refractivity contribution in [2.24, 2.45) is 0 Å². The van der Waals surface area contributed by atoms with Crippen molar-refractivity contribution in [3.63, 3.8) is 0 Å². The fraction of sp³-hybridized carbons (Fsp3) is 0.929. The molecule has 106 valence electrons. The van der Waals surface area contributed by atoms with E-state index in [-0.39, 0.29) is 5.91 Å². The van der Waals surface area contributed by atoms with E-state index in [1.54, 1.807) is 0 Å². The SMILES string of the molecule is CCCCCCNC(=O)CCN1CCCNCC1. The van der Waals surface area contributed by atoms with E-state index in [1.807, 2.05) is 0 Å². The molecule has 4 nitrogen and oxygen atoms in total. The predicted octanol–water partition coefficient (Wildman–Crippen LogP) is 1.37. The number of nitrogens with zero attached hydrogens (tertiary/aromatic N) is 1. The molecule has 0 spiro atoms. The van der Waals surface area contributed by atoms with Crippen molar-refractivity contribution in [3.05, 3.63) is 0 Å². The van der Waals surface area contributed by atoms with Crippen LogP contribution in [0.3, 0.4) is 0 Å². The van der Waals surface area contributed by atoms with Crippen molar-refractivity contribution in [2.45, 2.75) is 45.4 Å². The molecule has 1 aliphatic heterocycles. The summed E-state index contributed by atoms with van der Waals surface area (Å²) < 4.78 is 0. The van der Waals surface area contributed by atoms with Gasteiger partial charge in [0.1, 0.15) is 0 Å². The third-order valence-electron chi connectivity index (χ3n) is 3.44. The van der Waals surface area contributed by atoms with E-state index in [2.05, 4.69) is 22.5 Å². The molecule has 1 rings (SSSR count). The number of amides is 1. The first kappa shape index (κ1) is 15.4. The average molecular weight is 255 g/mol. The summed E-state index contributed by atoms with van der Waals surface area (Å²) >= 11 is 0. The third-order valence-corrected chi connectivity index (χ3v) is 3.44. The molecule has 1 amide bonds. The van der Waals surface area contributed by atoms with E-state index in [4.69, 9.17) is 0 Å². The highest BCUT2D eigenvalue weighted by Crippen LogP contribution is 1.99. The van der Waals surface area contributed by atoms with Crippen LogP contribution >= 0.6 is 0 Å². The van der Waals surface area contributed by atoms with Gasteiger partial charge in [-0.1, -0.05) is 26.2 Å². The Bertz CT molecular complexity index is 213. The zero-order valence-electron chi connectivity index (χ0n) is 11.8. The highest BCUT2D eigenvalue weighted by atomic mass is 16.1. The number of nitrogens with one attached hydrogen (secondary N) is 2. The van der Waals surface area contributed by atoms with Gasteiger partial charge in [0, 0.05) is 32.6 Å². The second-order valence-corrected chi connectivity index (χ2v) is 5.11. The average Bonchev–Trinajstić information content (AvgIpc) is 2.64. The minimum absolute atomic E-state index is 0.212. The molecule has 1 saturated heterocycles. The van der Waals surface area contributed by atoms with Crippen LogP contribution in [0.15, 0.2) is 0 Å². The molecule has 18 heavy (non-hydrogen) atoms. The maximum atomic E-state index is 11.7. The van der Waals surface area contributed by atoms with Gasteiger partial charge in [-0.25, -0.2) is 0 Å². The standard InChI is InChI=1S/C14H29N3O/c1-2-3-4-5-9-16-14(18)7-12-17-11-6-8-15-10-13-17/h15H,2-13H2,1H3,(H,16,18). The molecule has 4 heteroatoms. The molecule has 0 atom stereocenters. The Hall–Kier alpha value is -0.610. The van der Waals surface area contributed by atoms with Gasteiger partial charge in [-0.3, -0.25) is 4.79 Å². The lowest BCUT2D eigenvalue weighted by atomic mass is 10.2. The molecule has 2 N–H and O–H groups in total. The number of carbonyl (C=O) groups excluding carboxylic acids is 1. The van der Waals surface area contributed by atoms with Crippen molar-refractivity contribution in [3.8, 4) is 0 Å². The zero-order valence-corrected chi connectivity index (χ0v) is 11.8. The summed E-state index contributed by atoms with van der Waals surface area (Å²) in [5.41, 5.74) is 0. The van der Waals surface area contributed by atoms with Gasteiger partial charge in [0.15, 0.2) is 0 Å². The van der Waals surface area contributed by atoms with Gasteiger partial charge >= 0.3 is 0 Å². The molecule has 0 aromatic carbocycles. The Labute approximate surface area is 111 Å². The van der Waals surface area contributed by atoms with Crippen LogP contribution < -0.4 is 10.6 Å². The summed E-state index contributed by atoms with van der Waals surface area (Å²) in [5, 5.41) is 6.39. The molecule has 0 aromatic heterocycles. The van der Waals surface area contributed by atoms with Crippen LogP contribution in [0.5, 0.6) is 0 Å². The molecular weight excluding hydrogens is 226 g/mol. The summed E-state index contributed by atoms with van der Waals surface area (Å²) in [6.45, 7) is 8.32. The minimum atomic E-state index is 0.212. The largest absolute Gasteiger partial charge is 0.356 e. The molecule has 0 aromatic rings. The topological polar surface area (TPSA) is 44.4 Å². The smallest absolute Gasteiger partial charge is 0.221 e. The van der Waals surface area contributed by atoms with Crippen molar-refractivity contribution >= 4 is 5.91 Å². The Morgan fingerprint density at radius 3 is 2.94 bits per heavy atom. The quantitative estimate of drug-likeness (QED) is 0.644. The Morgan fingerprint density at radius 2 is 2.11 bits per heavy atom. The molecule has 0 unspecified atom stereocenters. The summed E-state index contributed by atoms with van der Waals surface area (Å²) in [5.74, 6) is 0.212. The normalized spacial score (nSPS) is 17.4. The second kappa shape index (κ2) is 10.3. The van der Waals surface area contributed by atoms with Crippen LogP contribution in [-0.2, 0) is 4.79 Å². The summed E-state index contributed by atoms with van der Waals surface area (Å²) in [4.78, 5) is 14.0. The van der Waals surface area contributed by atoms with Crippen LogP contribution in [0.1, 0.15) is 45.4 Å². The molecule has 0 aliphatic carbocycles. The molecule has 0 bridgehead atoms. The first-order chi connectivity index (χ1) is 8.83. The first-order valence-corrected chi connectivity index (χ1v) is 7.52. The summed E-state index contributed by atoms with van der Waals surface area (Å²) in [7, 11) is 0. The lowest BCUT2D eigenvalue weighted by molar-refractivity contribution is -0.121. The second-order valence-electron chi connectivity index (χ2n) is 5.11. The van der Waals surface area contributed by atoms with Gasteiger partial charge in [0.05, 0.1) is 0 Å². The van der Waals surface area contributed by atoms with Gasteiger partial charge in [-0.15, -0.1) is 0 Å². The first-order valence-electron chi connectivity index (χ1n) is 7.52. The van der Waals surface area contributed by atoms with Gasteiger partial charge < -0.3 is 15.5 Å². The number of rotatable bonds is 8. The summed E-state index contributed by atoms with van der Waals surface area (Å²) in [6.07, 6.45) is 6.71. The summed E-state index contributed by atoms with van der Waals surface area (Å²) in [6, 6.07) is 0. The molecular formula is C14H29N3O. The fourth-order valence-corrected chi connectivity index (χ4v) is 2.25. The number of hydrogen-bond donors (Lipinski definition) is 2. The van der Waals surface area contributed by atoms with E-state index in [0.29, 0.717) is 6.42 Å². The lowest BCUT2D eigenvalue weighted by Gasteiger charge is -2.18. The van der Waals surface area contributed by atoms with E-state index >= 15 is 0 Å². The van der Waals surface area contributed by atoms with E-state index in [1.165, 1.54) is 25.7 Å². The van der Waals surface area contributed by atoms with Crippen molar-refractivity contribution in [1.82, 2.24) is 15.5 Å².